The number of hydrogen-bond acceptors (Lipinski definition) is 5. The first-order chi connectivity index (χ1) is 12.9. The average Bonchev–Trinajstić information content (AvgIpc) is 3.09. The van der Waals surface area contributed by atoms with Gasteiger partial charge in [0.25, 0.3) is 5.91 Å². The molecule has 1 aromatic carbocycles. The van der Waals surface area contributed by atoms with Gasteiger partial charge < -0.3 is 9.64 Å². The van der Waals surface area contributed by atoms with Gasteiger partial charge in [-0.3, -0.25) is 4.79 Å². The van der Waals surface area contributed by atoms with Crippen LogP contribution in [-0.2, 0) is 21.2 Å². The minimum atomic E-state index is -3.04. The number of nitrogens with zero attached hydrogens (tertiary/aromatic N) is 2. The topological polar surface area (TPSA) is 76.0 Å². The zero-order chi connectivity index (χ0) is 19.6. The van der Waals surface area contributed by atoms with Gasteiger partial charge in [-0.15, -0.1) is 0 Å². The molecule has 0 spiro atoms. The van der Waals surface area contributed by atoms with Crippen LogP contribution in [-0.4, -0.2) is 54.3 Å². The van der Waals surface area contributed by atoms with E-state index < -0.39 is 9.84 Å². The normalized spacial score (nSPS) is 25.2. The Morgan fingerprint density at radius 1 is 1.26 bits per heavy atom. The molecule has 2 atom stereocenters. The van der Waals surface area contributed by atoms with Crippen LogP contribution in [0.2, 0.25) is 0 Å². The van der Waals surface area contributed by atoms with Crippen molar-refractivity contribution in [3.63, 3.8) is 0 Å². The van der Waals surface area contributed by atoms with Crippen molar-refractivity contribution in [3.05, 3.63) is 29.8 Å². The van der Waals surface area contributed by atoms with Gasteiger partial charge in [0.05, 0.1) is 24.7 Å². The fourth-order valence-electron chi connectivity index (χ4n) is 3.57. The lowest BCUT2D eigenvalue weighted by Gasteiger charge is -2.24. The van der Waals surface area contributed by atoms with Crippen molar-refractivity contribution in [1.82, 2.24) is 4.90 Å². The molecule has 0 N–H and O–H groups in total. The van der Waals surface area contributed by atoms with Crippen LogP contribution in [0.4, 0.5) is 0 Å². The monoisotopic (exact) mass is 410 g/mol. The van der Waals surface area contributed by atoms with Crippen LogP contribution in [0, 0.1) is 5.92 Å². The van der Waals surface area contributed by atoms with Crippen LogP contribution < -0.4 is 4.74 Å². The lowest BCUT2D eigenvalue weighted by Crippen LogP contribution is -2.37. The van der Waals surface area contributed by atoms with Crippen molar-refractivity contribution in [3.8, 4) is 5.75 Å². The van der Waals surface area contributed by atoms with Crippen molar-refractivity contribution in [1.29, 1.82) is 0 Å². The molecule has 2 heterocycles. The second-order valence-corrected chi connectivity index (χ2v) is 10.4. The Balaban J connectivity index is 1.86. The summed E-state index contributed by atoms with van der Waals surface area (Å²) in [5.74, 6) is 0.863. The Morgan fingerprint density at radius 3 is 2.52 bits per heavy atom. The number of fused-ring (bicyclic) bond motifs is 1. The van der Waals surface area contributed by atoms with E-state index in [2.05, 4.69) is 4.99 Å². The molecular formula is C19H26N2O4S2. The average molecular weight is 411 g/mol. The van der Waals surface area contributed by atoms with Gasteiger partial charge in [0.2, 0.25) is 0 Å². The number of benzene rings is 1. The van der Waals surface area contributed by atoms with E-state index in [4.69, 9.17) is 4.74 Å². The van der Waals surface area contributed by atoms with Gasteiger partial charge in [0.1, 0.15) is 5.75 Å². The lowest BCUT2D eigenvalue weighted by atomic mass is 10.0. The zero-order valence-corrected chi connectivity index (χ0v) is 17.6. The predicted molar refractivity (Wildman–Crippen MR) is 109 cm³/mol. The van der Waals surface area contributed by atoms with Crippen molar-refractivity contribution in [2.75, 3.05) is 18.6 Å². The Bertz CT molecular complexity index is 817. The number of amidine groups is 1. The number of aliphatic imine (C=N–C) groups is 1. The quantitative estimate of drug-likeness (QED) is 0.718. The summed E-state index contributed by atoms with van der Waals surface area (Å²) in [6.45, 7) is 4.51. The maximum Gasteiger partial charge on any atom is 0.251 e. The number of amides is 1. The van der Waals surface area contributed by atoms with E-state index >= 15 is 0 Å². The summed E-state index contributed by atoms with van der Waals surface area (Å²) in [6.07, 6.45) is 1.52. The molecule has 148 valence electrons. The fourth-order valence-corrected chi connectivity index (χ4v) is 7.53. The molecule has 1 aromatic rings. The van der Waals surface area contributed by atoms with E-state index in [9.17, 15) is 13.2 Å². The smallest absolute Gasteiger partial charge is 0.251 e. The predicted octanol–water partition coefficient (Wildman–Crippen LogP) is 2.73. The molecule has 2 saturated heterocycles. The lowest BCUT2D eigenvalue weighted by molar-refractivity contribution is -0.121. The number of carbonyl (C=O) groups excluding carboxylic acids is 1. The highest BCUT2D eigenvalue weighted by Gasteiger charge is 2.48. The molecule has 2 aliphatic heterocycles. The Kier molecular flexibility index (Phi) is 6.15. The molecule has 1 amide bonds. The molecule has 27 heavy (non-hydrogen) atoms. The van der Waals surface area contributed by atoms with Crippen LogP contribution >= 0.6 is 11.8 Å². The van der Waals surface area contributed by atoms with Crippen molar-refractivity contribution >= 4 is 32.7 Å². The maximum atomic E-state index is 12.5. The van der Waals surface area contributed by atoms with Crippen LogP contribution in [0.15, 0.2) is 29.3 Å². The number of thioether (sulfide) groups is 1. The highest BCUT2D eigenvalue weighted by atomic mass is 32.2. The summed E-state index contributed by atoms with van der Waals surface area (Å²) >= 11 is 1.44. The Labute approximate surface area is 165 Å². The summed E-state index contributed by atoms with van der Waals surface area (Å²) in [4.78, 5) is 18.9. The van der Waals surface area contributed by atoms with E-state index in [1.807, 2.05) is 43.0 Å². The zero-order valence-electron chi connectivity index (χ0n) is 15.9. The molecule has 8 heteroatoms. The first-order valence-corrected chi connectivity index (χ1v) is 12.0. The first-order valence-electron chi connectivity index (χ1n) is 9.26. The Morgan fingerprint density at radius 2 is 1.93 bits per heavy atom. The van der Waals surface area contributed by atoms with E-state index in [1.54, 1.807) is 7.11 Å². The minimum Gasteiger partial charge on any atom is -0.497 e. The van der Waals surface area contributed by atoms with Crippen LogP contribution in [0.5, 0.6) is 5.75 Å². The standard InChI is InChI=1S/C19H26N2O4S2/c1-4-14(5-2)18(22)20-19-21(10-13-6-8-15(25-3)9-7-13)16-11-27(23,24)12-17(16)26-19/h6-9,14,16-17H,4-5,10-12H2,1-3H3/t16-,17-/m0/s1. The summed E-state index contributed by atoms with van der Waals surface area (Å²) in [6, 6.07) is 7.55. The SMILES string of the molecule is CCC(CC)C(=O)N=C1S[C@H]2CS(=O)(=O)C[C@@H]2N1Cc1ccc(OC)cc1. The molecule has 2 aliphatic rings. The molecule has 0 unspecified atom stereocenters. The maximum absolute atomic E-state index is 12.5. The molecule has 3 rings (SSSR count). The van der Waals surface area contributed by atoms with E-state index in [-0.39, 0.29) is 34.6 Å². The van der Waals surface area contributed by atoms with E-state index in [0.29, 0.717) is 11.7 Å². The van der Waals surface area contributed by atoms with Gasteiger partial charge in [-0.1, -0.05) is 37.7 Å². The summed E-state index contributed by atoms with van der Waals surface area (Å²) in [5.41, 5.74) is 1.03. The second-order valence-electron chi connectivity index (χ2n) is 7.02. The molecule has 6 nitrogen and oxygen atoms in total. The third-order valence-electron chi connectivity index (χ3n) is 5.23. The molecule has 0 aliphatic carbocycles. The van der Waals surface area contributed by atoms with Gasteiger partial charge in [0, 0.05) is 17.7 Å². The number of carbonyl (C=O) groups is 1. The van der Waals surface area contributed by atoms with Crippen LogP contribution in [0.3, 0.4) is 0 Å². The first kappa shape index (κ1) is 20.2. The van der Waals surface area contributed by atoms with Gasteiger partial charge in [-0.25, -0.2) is 8.42 Å². The summed E-state index contributed by atoms with van der Waals surface area (Å²) in [7, 11) is -1.42. The van der Waals surface area contributed by atoms with Gasteiger partial charge >= 0.3 is 0 Å². The molecule has 0 bridgehead atoms. The number of ether oxygens (including phenoxy) is 1. The van der Waals surface area contributed by atoms with Crippen molar-refractivity contribution < 1.29 is 17.9 Å². The van der Waals surface area contributed by atoms with Crippen molar-refractivity contribution in [2.24, 2.45) is 10.9 Å². The minimum absolute atomic E-state index is 0.0542. The molecule has 2 fully saturated rings. The highest BCUT2D eigenvalue weighted by Crippen LogP contribution is 2.39. The van der Waals surface area contributed by atoms with Crippen LogP contribution in [0.1, 0.15) is 32.3 Å². The van der Waals surface area contributed by atoms with Gasteiger partial charge in [-0.05, 0) is 30.5 Å². The molecular weight excluding hydrogens is 384 g/mol. The molecule has 0 saturated carbocycles. The summed E-state index contributed by atoms with van der Waals surface area (Å²) in [5, 5.41) is 0.606. The largest absolute Gasteiger partial charge is 0.497 e. The fraction of sp³-hybridized carbons (Fsp3) is 0.579. The third kappa shape index (κ3) is 4.48. The van der Waals surface area contributed by atoms with Gasteiger partial charge in [-0.2, -0.15) is 4.99 Å². The highest BCUT2D eigenvalue weighted by molar-refractivity contribution is 8.15. The van der Waals surface area contributed by atoms with Crippen molar-refractivity contribution in [2.45, 2.75) is 44.5 Å². The number of hydrogen-bond donors (Lipinski definition) is 0. The third-order valence-corrected chi connectivity index (χ3v) is 8.48. The number of rotatable bonds is 6. The second kappa shape index (κ2) is 8.22. The molecule has 0 aromatic heterocycles. The number of sulfone groups is 1. The van der Waals surface area contributed by atoms with Crippen LogP contribution in [0.25, 0.3) is 0 Å². The van der Waals surface area contributed by atoms with E-state index in [0.717, 1.165) is 24.2 Å². The number of methoxy groups -OCH3 is 1. The Hall–Kier alpha value is -1.54. The van der Waals surface area contributed by atoms with E-state index in [1.165, 1.54) is 11.8 Å². The summed E-state index contributed by atoms with van der Waals surface area (Å²) < 4.78 is 29.4. The molecule has 0 radical (unpaired) electrons. The van der Waals surface area contributed by atoms with Gasteiger partial charge in [0.15, 0.2) is 15.0 Å².